The molecule has 1 N–H and O–H groups in total. The third kappa shape index (κ3) is 3.15. The molecule has 0 heterocycles. The molecule has 0 aromatic heterocycles. The van der Waals surface area contributed by atoms with Crippen LogP contribution in [0, 0.1) is 0 Å². The van der Waals surface area contributed by atoms with Crippen molar-refractivity contribution < 1.29 is 13.5 Å². The maximum Gasteiger partial charge on any atom is 0.239 e. The van der Waals surface area contributed by atoms with E-state index in [4.69, 9.17) is 0 Å². The second-order valence-corrected chi connectivity index (χ2v) is 13.9. The molecule has 1 aromatic rings. The lowest BCUT2D eigenvalue weighted by Gasteiger charge is -2.18. The van der Waals surface area contributed by atoms with Gasteiger partial charge >= 0.3 is 0 Å². The van der Waals surface area contributed by atoms with E-state index in [2.05, 4.69) is 47.8 Å². The molecule has 4 nitrogen and oxygen atoms in total. The molecule has 0 fully saturated rings. The van der Waals surface area contributed by atoms with Crippen LogP contribution in [0.25, 0.3) is 0 Å². The van der Waals surface area contributed by atoms with Gasteiger partial charge in [-0.15, -0.1) is 0 Å². The van der Waals surface area contributed by atoms with E-state index in [1.165, 1.54) is 12.1 Å². The van der Waals surface area contributed by atoms with Crippen LogP contribution in [0.15, 0.2) is 23.1 Å². The fraction of sp³-hybridized carbons (Fsp3) is 0.333. The number of aromatic hydroxyl groups is 1. The summed E-state index contributed by atoms with van der Waals surface area (Å²) in [6.45, 7) is 0. The summed E-state index contributed by atoms with van der Waals surface area (Å²) < 4.78 is 22.8. The molecule has 0 aliphatic heterocycles. The Morgan fingerprint density at radius 2 is 1.76 bits per heavy atom. The summed E-state index contributed by atoms with van der Waals surface area (Å²) in [6.07, 6.45) is 0. The largest absolute Gasteiger partial charge is 0.507 e. The number of benzene rings is 1. The summed E-state index contributed by atoms with van der Waals surface area (Å²) in [7, 11) is -0.221. The van der Waals surface area contributed by atoms with Crippen LogP contribution in [0.5, 0.6) is 5.75 Å². The van der Waals surface area contributed by atoms with E-state index in [9.17, 15) is 13.5 Å². The third-order valence-corrected chi connectivity index (χ3v) is 7.41. The topological polar surface area (TPSA) is 57.6 Å². The van der Waals surface area contributed by atoms with Gasteiger partial charge in [-0.1, -0.05) is 0 Å². The lowest BCUT2D eigenvalue weighted by Crippen LogP contribution is -2.19. The first-order chi connectivity index (χ1) is 7.57. The zero-order valence-electron chi connectivity index (χ0n) is 8.99. The summed E-state index contributed by atoms with van der Waals surface area (Å²) in [5.41, 5.74) is 0.679. The van der Waals surface area contributed by atoms with Gasteiger partial charge in [0.05, 0.1) is 0 Å². The van der Waals surface area contributed by atoms with Crippen molar-refractivity contribution >= 4 is 63.3 Å². The molecular formula is C9H10Br3NO3S. The van der Waals surface area contributed by atoms with E-state index in [1.807, 2.05) is 0 Å². The molecule has 0 saturated heterocycles. The van der Waals surface area contributed by atoms with Crippen LogP contribution in [0.2, 0.25) is 0 Å². The van der Waals surface area contributed by atoms with Crippen LogP contribution in [-0.4, -0.2) is 29.1 Å². The normalized spacial score (nSPS) is 12.5. The van der Waals surface area contributed by atoms with E-state index in [-0.39, 0.29) is 10.6 Å². The van der Waals surface area contributed by atoms with Crippen molar-refractivity contribution in [3.05, 3.63) is 18.2 Å². The first kappa shape index (κ1) is 15.3. The van der Waals surface area contributed by atoms with Crippen LogP contribution in [0.3, 0.4) is 0 Å². The van der Waals surface area contributed by atoms with Crippen LogP contribution < -0.4 is 4.90 Å². The van der Waals surface area contributed by atoms with Gasteiger partial charge in [-0.2, -0.15) is 0 Å². The molecule has 1 rings (SSSR count). The van der Waals surface area contributed by atoms with Crippen molar-refractivity contribution in [3.8, 4) is 5.75 Å². The Morgan fingerprint density at radius 3 is 2.18 bits per heavy atom. The van der Waals surface area contributed by atoms with E-state index in [1.54, 1.807) is 25.1 Å². The van der Waals surface area contributed by atoms with Gasteiger partial charge < -0.3 is 10.0 Å². The van der Waals surface area contributed by atoms with Gasteiger partial charge in [-0.05, 0) is 66.0 Å². The van der Waals surface area contributed by atoms with Gasteiger partial charge in [0, 0.05) is 19.8 Å². The van der Waals surface area contributed by atoms with E-state index in [0.717, 1.165) is 0 Å². The Labute approximate surface area is 125 Å². The maximum atomic E-state index is 12.1. The highest BCUT2D eigenvalue weighted by molar-refractivity contribution is 9.42. The van der Waals surface area contributed by atoms with Crippen LogP contribution >= 0.6 is 47.8 Å². The average Bonchev–Trinajstić information content (AvgIpc) is 2.15. The fourth-order valence-electron chi connectivity index (χ4n) is 1.12. The van der Waals surface area contributed by atoms with Crippen molar-refractivity contribution in [1.29, 1.82) is 0 Å². The number of nitrogens with zero attached hydrogens (tertiary/aromatic N) is 1. The summed E-state index contributed by atoms with van der Waals surface area (Å²) in [5, 5.41) is 9.66. The molecule has 0 atom stereocenters. The van der Waals surface area contributed by atoms with Crippen molar-refractivity contribution in [2.24, 2.45) is 0 Å². The van der Waals surface area contributed by atoms with Crippen LogP contribution in [0.4, 0.5) is 5.69 Å². The minimum absolute atomic E-state index is 0.158. The second kappa shape index (κ2) is 5.07. The number of sulfone groups is 1. The zero-order chi connectivity index (χ0) is 13.4. The van der Waals surface area contributed by atoms with Crippen molar-refractivity contribution in [2.45, 2.75) is 6.37 Å². The predicted octanol–water partition coefficient (Wildman–Crippen LogP) is 3.03. The van der Waals surface area contributed by atoms with Gasteiger partial charge in [0.15, 0.2) is 0 Å². The molecule has 96 valence electrons. The number of halogens is 3. The highest BCUT2D eigenvalue weighted by atomic mass is 80.0. The lowest BCUT2D eigenvalue weighted by molar-refractivity contribution is 0.459. The fourth-order valence-corrected chi connectivity index (χ4v) is 3.56. The molecule has 8 heteroatoms. The van der Waals surface area contributed by atoms with E-state index < -0.39 is 11.3 Å². The monoisotopic (exact) mass is 449 g/mol. The molecule has 0 radical (unpaired) electrons. The van der Waals surface area contributed by atoms with Crippen LogP contribution in [-0.2, 0) is 9.84 Å². The average molecular weight is 452 g/mol. The molecule has 0 amide bonds. The van der Waals surface area contributed by atoms with Crippen molar-refractivity contribution in [3.63, 3.8) is 0 Å². The molecule has 0 spiro atoms. The Morgan fingerprint density at radius 1 is 1.24 bits per heavy atom. The number of rotatable bonds is 2. The SMILES string of the molecule is CN(C)c1ccc(O)c(S(=O)(=O)C(Br)(Br)Br)c1. The number of hydrogen-bond acceptors (Lipinski definition) is 4. The number of alkyl halides is 3. The van der Waals surface area contributed by atoms with Gasteiger partial charge in [-0.3, -0.25) is 0 Å². The Hall–Kier alpha value is 0.210. The van der Waals surface area contributed by atoms with Gasteiger partial charge in [0.25, 0.3) is 0 Å². The number of hydrogen-bond donors (Lipinski definition) is 1. The Kier molecular flexibility index (Phi) is 4.55. The minimum atomic E-state index is -3.79. The van der Waals surface area contributed by atoms with Crippen LogP contribution in [0.1, 0.15) is 0 Å². The molecule has 1 aromatic carbocycles. The maximum absolute atomic E-state index is 12.1. The third-order valence-electron chi connectivity index (χ3n) is 2.05. The molecule has 0 aliphatic rings. The Bertz CT molecular complexity index is 523. The molecule has 0 aliphatic carbocycles. The summed E-state index contributed by atoms with van der Waals surface area (Å²) in [4.78, 5) is 1.59. The van der Waals surface area contributed by atoms with Gasteiger partial charge in [0.2, 0.25) is 11.3 Å². The number of phenols is 1. The highest BCUT2D eigenvalue weighted by Crippen LogP contribution is 2.45. The van der Waals surface area contributed by atoms with Gasteiger partial charge in [0.1, 0.15) is 10.6 Å². The zero-order valence-corrected chi connectivity index (χ0v) is 14.6. The first-order valence-electron chi connectivity index (χ1n) is 4.39. The summed E-state index contributed by atoms with van der Waals surface area (Å²) >= 11 is 8.86. The molecule has 0 unspecified atom stereocenters. The summed E-state index contributed by atoms with van der Waals surface area (Å²) in [6, 6.07) is 4.39. The standard InChI is InChI=1S/C9H10Br3NO3S/c1-13(2)6-3-4-7(14)8(5-6)17(15,16)9(10,11)12/h3-5,14H,1-2H3. The van der Waals surface area contributed by atoms with Gasteiger partial charge in [-0.25, -0.2) is 8.42 Å². The van der Waals surface area contributed by atoms with E-state index in [0.29, 0.717) is 5.69 Å². The van der Waals surface area contributed by atoms with Crippen molar-refractivity contribution in [1.82, 2.24) is 0 Å². The van der Waals surface area contributed by atoms with Crippen molar-refractivity contribution in [2.75, 3.05) is 19.0 Å². The summed E-state index contributed by atoms with van der Waals surface area (Å²) in [5.74, 6) is -0.293. The molecular weight excluding hydrogens is 442 g/mol. The minimum Gasteiger partial charge on any atom is -0.507 e. The predicted molar refractivity (Wildman–Crippen MR) is 79.1 cm³/mol. The second-order valence-electron chi connectivity index (χ2n) is 3.50. The molecule has 17 heavy (non-hydrogen) atoms. The highest BCUT2D eigenvalue weighted by Gasteiger charge is 2.39. The first-order valence-corrected chi connectivity index (χ1v) is 8.25. The lowest BCUT2D eigenvalue weighted by atomic mass is 10.3. The number of phenolic OH excluding ortho intramolecular Hbond substituents is 1. The molecule has 0 saturated carbocycles. The Balaban J connectivity index is 3.47. The number of anilines is 1. The quantitative estimate of drug-likeness (QED) is 0.702. The molecule has 0 bridgehead atoms. The smallest absolute Gasteiger partial charge is 0.239 e. The van der Waals surface area contributed by atoms with E-state index >= 15 is 0 Å².